The molecule has 82 valence electrons. The molecule has 0 nitrogen and oxygen atoms in total. The molecule has 3 aliphatic rings. The minimum Gasteiger partial charge on any atom is -0.0649 e. The van der Waals surface area contributed by atoms with Gasteiger partial charge in [-0.25, -0.2) is 0 Å². The number of hydrogen-bond donors (Lipinski definition) is 0. The molecule has 0 aromatic carbocycles. The minimum atomic E-state index is 0.783. The molecule has 0 heteroatoms. The van der Waals surface area contributed by atoms with Gasteiger partial charge in [-0.3, -0.25) is 0 Å². The lowest BCUT2D eigenvalue weighted by Gasteiger charge is -2.54. The van der Waals surface area contributed by atoms with Gasteiger partial charge in [0, 0.05) is 0 Å². The summed E-state index contributed by atoms with van der Waals surface area (Å²) in [6.07, 6.45) is 12.2. The Bertz CT molecular complexity index is 178. The fourth-order valence-electron chi connectivity index (χ4n) is 4.04. The van der Waals surface area contributed by atoms with Crippen molar-refractivity contribution in [3.05, 3.63) is 0 Å². The summed E-state index contributed by atoms with van der Waals surface area (Å²) < 4.78 is 0. The van der Waals surface area contributed by atoms with Gasteiger partial charge in [0.1, 0.15) is 0 Å². The van der Waals surface area contributed by atoms with Gasteiger partial charge in [0.15, 0.2) is 0 Å². The maximum absolute atomic E-state index is 2.40. The van der Waals surface area contributed by atoms with Gasteiger partial charge in [0.2, 0.25) is 0 Å². The first-order valence-corrected chi connectivity index (χ1v) is 6.60. The molecule has 0 amide bonds. The second-order valence-electron chi connectivity index (χ2n) is 6.45. The summed E-state index contributed by atoms with van der Waals surface area (Å²) in [6.45, 7) is 7.19. The Morgan fingerprint density at radius 3 is 1.64 bits per heavy atom. The highest BCUT2D eigenvalue weighted by Gasteiger charge is 2.47. The Morgan fingerprint density at radius 2 is 1.29 bits per heavy atom. The molecule has 0 radical (unpaired) electrons. The van der Waals surface area contributed by atoms with E-state index in [1.165, 1.54) is 32.1 Å². The van der Waals surface area contributed by atoms with E-state index in [-0.39, 0.29) is 0 Å². The van der Waals surface area contributed by atoms with Crippen LogP contribution in [0.1, 0.15) is 72.1 Å². The molecule has 3 fully saturated rings. The molecule has 0 atom stereocenters. The zero-order valence-electron chi connectivity index (χ0n) is 10.2. The summed E-state index contributed by atoms with van der Waals surface area (Å²) in [6, 6.07) is 0. The zero-order valence-corrected chi connectivity index (χ0v) is 10.2. The van der Waals surface area contributed by atoms with Crippen LogP contribution < -0.4 is 0 Å². The highest BCUT2D eigenvalue weighted by Crippen LogP contribution is 2.60. The molecule has 0 unspecified atom stereocenters. The summed E-state index contributed by atoms with van der Waals surface area (Å²) in [5.41, 5.74) is 1.57. The third-order valence-electron chi connectivity index (χ3n) is 5.15. The van der Waals surface area contributed by atoms with E-state index in [4.69, 9.17) is 0 Å². The van der Waals surface area contributed by atoms with Crippen LogP contribution >= 0.6 is 0 Å². The third kappa shape index (κ3) is 1.73. The smallest absolute Gasteiger partial charge is 0.0294 e. The predicted molar refractivity (Wildman–Crippen MR) is 62.3 cm³/mol. The van der Waals surface area contributed by atoms with Crippen molar-refractivity contribution in [3.8, 4) is 0 Å². The van der Waals surface area contributed by atoms with Crippen molar-refractivity contribution < 1.29 is 0 Å². The second kappa shape index (κ2) is 3.54. The summed E-state index contributed by atoms with van der Waals surface area (Å²) >= 11 is 0. The van der Waals surface area contributed by atoms with Gasteiger partial charge in [-0.2, -0.15) is 0 Å². The highest BCUT2D eigenvalue weighted by atomic mass is 14.5. The van der Waals surface area contributed by atoms with Crippen LogP contribution in [0.2, 0.25) is 0 Å². The van der Waals surface area contributed by atoms with Crippen LogP contribution in [-0.4, -0.2) is 0 Å². The van der Waals surface area contributed by atoms with E-state index in [0.29, 0.717) is 0 Å². The quantitative estimate of drug-likeness (QED) is 0.606. The average Bonchev–Trinajstić information content (AvgIpc) is 2.19. The van der Waals surface area contributed by atoms with Crippen LogP contribution in [0.5, 0.6) is 0 Å². The van der Waals surface area contributed by atoms with Crippen LogP contribution in [0.25, 0.3) is 0 Å². The van der Waals surface area contributed by atoms with E-state index < -0.39 is 0 Å². The monoisotopic (exact) mass is 194 g/mol. The summed E-state index contributed by atoms with van der Waals surface area (Å²) in [4.78, 5) is 0. The van der Waals surface area contributed by atoms with E-state index in [1.807, 2.05) is 0 Å². The van der Waals surface area contributed by atoms with Crippen molar-refractivity contribution >= 4 is 0 Å². The SMILES string of the molecule is CCC12CCC(CC(C)C)(CC1)CC2. The Kier molecular flexibility index (Phi) is 2.66. The van der Waals surface area contributed by atoms with E-state index >= 15 is 0 Å². The molecule has 0 aliphatic heterocycles. The van der Waals surface area contributed by atoms with E-state index in [2.05, 4.69) is 20.8 Å². The maximum atomic E-state index is 2.40. The fraction of sp³-hybridized carbons (Fsp3) is 1.00. The molecule has 0 N–H and O–H groups in total. The van der Waals surface area contributed by atoms with E-state index in [1.54, 1.807) is 19.3 Å². The first kappa shape index (κ1) is 10.5. The topological polar surface area (TPSA) is 0 Å². The molecule has 3 saturated carbocycles. The molecule has 0 saturated heterocycles. The maximum Gasteiger partial charge on any atom is -0.0294 e. The lowest BCUT2D eigenvalue weighted by molar-refractivity contribution is -0.0234. The average molecular weight is 194 g/mol. The zero-order chi connectivity index (χ0) is 10.2. The second-order valence-corrected chi connectivity index (χ2v) is 6.45. The molecule has 0 heterocycles. The van der Waals surface area contributed by atoms with Crippen LogP contribution in [0, 0.1) is 16.7 Å². The van der Waals surface area contributed by atoms with E-state index in [9.17, 15) is 0 Å². The van der Waals surface area contributed by atoms with Crippen LogP contribution in [0.3, 0.4) is 0 Å². The van der Waals surface area contributed by atoms with Crippen molar-refractivity contribution in [1.29, 1.82) is 0 Å². The Balaban J connectivity index is 2.01. The van der Waals surface area contributed by atoms with Crippen molar-refractivity contribution in [2.75, 3.05) is 0 Å². The molecular weight excluding hydrogens is 168 g/mol. The Labute approximate surface area is 89.5 Å². The van der Waals surface area contributed by atoms with Gasteiger partial charge < -0.3 is 0 Å². The highest BCUT2D eigenvalue weighted by molar-refractivity contribution is 4.98. The summed E-state index contributed by atoms with van der Waals surface area (Å²) in [7, 11) is 0. The standard InChI is InChI=1S/C14H26/c1-4-13-5-8-14(9-6-13,10-7-13)11-12(2)3/h12H,4-11H2,1-3H3. The summed E-state index contributed by atoms with van der Waals surface area (Å²) in [5.74, 6) is 0.905. The number of fused-ring (bicyclic) bond motifs is 3. The first-order valence-electron chi connectivity index (χ1n) is 6.60. The van der Waals surface area contributed by atoms with Crippen LogP contribution in [0.15, 0.2) is 0 Å². The van der Waals surface area contributed by atoms with Gasteiger partial charge in [0.25, 0.3) is 0 Å². The van der Waals surface area contributed by atoms with Gasteiger partial charge in [0.05, 0.1) is 0 Å². The molecule has 14 heavy (non-hydrogen) atoms. The summed E-state index contributed by atoms with van der Waals surface area (Å²) in [5, 5.41) is 0. The van der Waals surface area contributed by atoms with Gasteiger partial charge in [-0.15, -0.1) is 0 Å². The fourth-order valence-corrected chi connectivity index (χ4v) is 4.04. The molecule has 3 rings (SSSR count). The molecule has 0 spiro atoms. The molecule has 0 aromatic heterocycles. The molecular formula is C14H26. The Hall–Kier alpha value is 0. The van der Waals surface area contributed by atoms with Gasteiger partial charge in [-0.05, 0) is 61.7 Å². The number of hydrogen-bond acceptors (Lipinski definition) is 0. The van der Waals surface area contributed by atoms with Crippen molar-refractivity contribution in [2.24, 2.45) is 16.7 Å². The first-order chi connectivity index (χ1) is 6.60. The minimum absolute atomic E-state index is 0.783. The van der Waals surface area contributed by atoms with Crippen LogP contribution in [0.4, 0.5) is 0 Å². The van der Waals surface area contributed by atoms with Crippen molar-refractivity contribution in [2.45, 2.75) is 72.1 Å². The van der Waals surface area contributed by atoms with Crippen molar-refractivity contribution in [1.82, 2.24) is 0 Å². The lowest BCUT2D eigenvalue weighted by atomic mass is 9.51. The predicted octanol–water partition coefficient (Wildman–Crippen LogP) is 4.78. The Morgan fingerprint density at radius 1 is 0.857 bits per heavy atom. The lowest BCUT2D eigenvalue weighted by Crippen LogP contribution is -2.41. The third-order valence-corrected chi connectivity index (χ3v) is 5.15. The van der Waals surface area contributed by atoms with Crippen molar-refractivity contribution in [3.63, 3.8) is 0 Å². The number of rotatable bonds is 3. The van der Waals surface area contributed by atoms with Gasteiger partial charge in [-0.1, -0.05) is 27.2 Å². The largest absolute Gasteiger partial charge is 0.0649 e. The normalized spacial score (nSPS) is 42.0. The molecule has 2 bridgehead atoms. The van der Waals surface area contributed by atoms with E-state index in [0.717, 1.165) is 16.7 Å². The van der Waals surface area contributed by atoms with Crippen LogP contribution in [-0.2, 0) is 0 Å². The van der Waals surface area contributed by atoms with Gasteiger partial charge >= 0.3 is 0 Å². The molecule has 3 aliphatic carbocycles. The molecule has 0 aromatic rings.